The van der Waals surface area contributed by atoms with E-state index in [1.54, 1.807) is 13.3 Å². The number of rotatable bonds is 4. The number of hydrogen-bond donors (Lipinski definition) is 0. The summed E-state index contributed by atoms with van der Waals surface area (Å²) in [5.41, 5.74) is 2.93. The van der Waals surface area contributed by atoms with E-state index in [1.165, 1.54) is 0 Å². The first kappa shape index (κ1) is 16.5. The van der Waals surface area contributed by atoms with Crippen molar-refractivity contribution in [3.8, 4) is 5.75 Å². The zero-order valence-corrected chi connectivity index (χ0v) is 14.1. The number of carbonyl (C=O) groups excluding carboxylic acids is 1. The third kappa shape index (κ3) is 3.74. The van der Waals surface area contributed by atoms with Gasteiger partial charge in [-0.2, -0.15) is 0 Å². The molecule has 0 aliphatic carbocycles. The molecule has 1 aromatic carbocycles. The van der Waals surface area contributed by atoms with Crippen molar-refractivity contribution in [2.24, 2.45) is 0 Å². The molecule has 3 rings (SSSR count). The van der Waals surface area contributed by atoms with E-state index in [9.17, 15) is 4.79 Å². The van der Waals surface area contributed by atoms with Crippen LogP contribution in [0.3, 0.4) is 0 Å². The molecule has 1 aromatic heterocycles. The first-order valence-corrected chi connectivity index (χ1v) is 8.11. The minimum atomic E-state index is -0.0953. The van der Waals surface area contributed by atoms with Gasteiger partial charge in [-0.25, -0.2) is 0 Å². The number of carbonyl (C=O) groups is 1. The molecule has 1 aliphatic heterocycles. The van der Waals surface area contributed by atoms with Gasteiger partial charge in [-0.1, -0.05) is 18.2 Å². The number of ether oxygens (including phenoxy) is 2. The topological polar surface area (TPSA) is 51.7 Å². The molecule has 1 atom stereocenters. The van der Waals surface area contributed by atoms with Gasteiger partial charge >= 0.3 is 0 Å². The van der Waals surface area contributed by atoms with Gasteiger partial charge in [0.05, 0.1) is 26.7 Å². The first-order valence-electron chi connectivity index (χ1n) is 8.11. The summed E-state index contributed by atoms with van der Waals surface area (Å²) in [7, 11) is 1.62. The highest BCUT2D eigenvalue weighted by atomic mass is 16.5. The highest BCUT2D eigenvalue weighted by molar-refractivity contribution is 5.79. The Bertz CT molecular complexity index is 717. The summed E-state index contributed by atoms with van der Waals surface area (Å²) in [5, 5.41) is 0. The summed E-state index contributed by atoms with van der Waals surface area (Å²) >= 11 is 0. The van der Waals surface area contributed by atoms with Gasteiger partial charge in [-0.05, 0) is 30.7 Å². The predicted octanol–water partition coefficient (Wildman–Crippen LogP) is 2.54. The molecule has 1 aliphatic rings. The van der Waals surface area contributed by atoms with Crippen LogP contribution in [0, 0.1) is 6.92 Å². The average Bonchev–Trinajstić information content (AvgIpc) is 2.62. The van der Waals surface area contributed by atoms with Gasteiger partial charge in [0.1, 0.15) is 11.9 Å². The second-order valence-corrected chi connectivity index (χ2v) is 5.92. The Morgan fingerprint density at radius 1 is 1.38 bits per heavy atom. The zero-order valence-electron chi connectivity index (χ0n) is 14.1. The van der Waals surface area contributed by atoms with Gasteiger partial charge in [0.2, 0.25) is 5.91 Å². The fraction of sp³-hybridized carbons (Fsp3) is 0.368. The number of amides is 1. The number of aryl methyl sites for hydroxylation is 1. The lowest BCUT2D eigenvalue weighted by molar-refractivity contribution is -0.138. The Morgan fingerprint density at radius 2 is 2.21 bits per heavy atom. The minimum absolute atomic E-state index is 0.0953. The lowest BCUT2D eigenvalue weighted by Gasteiger charge is -2.33. The normalized spacial score (nSPS) is 17.6. The molecule has 2 heterocycles. The van der Waals surface area contributed by atoms with Gasteiger partial charge < -0.3 is 14.4 Å². The van der Waals surface area contributed by atoms with Gasteiger partial charge in [0, 0.05) is 24.0 Å². The number of hydrogen-bond acceptors (Lipinski definition) is 4. The molecule has 5 heteroatoms. The maximum atomic E-state index is 12.7. The predicted molar refractivity (Wildman–Crippen MR) is 90.9 cm³/mol. The van der Waals surface area contributed by atoms with Crippen LogP contribution in [-0.4, -0.2) is 42.6 Å². The number of morpholine rings is 1. The van der Waals surface area contributed by atoms with E-state index in [-0.39, 0.29) is 12.0 Å². The molecule has 0 bridgehead atoms. The SMILES string of the molecule is COc1ccccc1CC(=O)N1CCO[C@@H](c2ccnc(C)c2)C1. The van der Waals surface area contributed by atoms with Crippen molar-refractivity contribution in [2.45, 2.75) is 19.4 Å². The number of nitrogens with zero attached hydrogens (tertiary/aromatic N) is 2. The van der Waals surface area contributed by atoms with Crippen molar-refractivity contribution in [3.63, 3.8) is 0 Å². The third-order valence-electron chi connectivity index (χ3n) is 4.25. The number of benzene rings is 1. The fourth-order valence-electron chi connectivity index (χ4n) is 2.97. The van der Waals surface area contributed by atoms with E-state index in [0.717, 1.165) is 22.6 Å². The van der Waals surface area contributed by atoms with Crippen LogP contribution in [0.25, 0.3) is 0 Å². The van der Waals surface area contributed by atoms with Gasteiger partial charge in [0.25, 0.3) is 0 Å². The monoisotopic (exact) mass is 326 g/mol. The van der Waals surface area contributed by atoms with E-state index >= 15 is 0 Å². The third-order valence-corrected chi connectivity index (χ3v) is 4.25. The van der Waals surface area contributed by atoms with Crippen LogP contribution in [0.1, 0.15) is 22.9 Å². The summed E-state index contributed by atoms with van der Waals surface area (Å²) in [4.78, 5) is 18.8. The molecule has 2 aromatic rings. The number of para-hydroxylation sites is 1. The largest absolute Gasteiger partial charge is 0.496 e. The molecule has 1 amide bonds. The van der Waals surface area contributed by atoms with Gasteiger partial charge in [-0.3, -0.25) is 9.78 Å². The van der Waals surface area contributed by atoms with Crippen molar-refractivity contribution in [1.82, 2.24) is 9.88 Å². The number of methoxy groups -OCH3 is 1. The van der Waals surface area contributed by atoms with Crippen molar-refractivity contribution in [2.75, 3.05) is 26.8 Å². The lowest BCUT2D eigenvalue weighted by Crippen LogP contribution is -2.43. The van der Waals surface area contributed by atoms with Crippen molar-refractivity contribution in [1.29, 1.82) is 0 Å². The summed E-state index contributed by atoms with van der Waals surface area (Å²) in [6.07, 6.45) is 2.03. The molecule has 24 heavy (non-hydrogen) atoms. The van der Waals surface area contributed by atoms with Crippen molar-refractivity contribution >= 4 is 5.91 Å². The molecule has 0 radical (unpaired) electrons. The molecule has 0 spiro atoms. The van der Waals surface area contributed by atoms with Crippen LogP contribution in [0.5, 0.6) is 5.75 Å². The van der Waals surface area contributed by atoms with Crippen LogP contribution in [-0.2, 0) is 16.0 Å². The quantitative estimate of drug-likeness (QED) is 0.866. The Kier molecular flexibility index (Phi) is 5.11. The molecule has 1 saturated heterocycles. The summed E-state index contributed by atoms with van der Waals surface area (Å²) in [6, 6.07) is 11.6. The van der Waals surface area contributed by atoms with E-state index in [4.69, 9.17) is 9.47 Å². The van der Waals surface area contributed by atoms with Crippen LogP contribution < -0.4 is 4.74 Å². The van der Waals surface area contributed by atoms with E-state index in [2.05, 4.69) is 4.98 Å². The van der Waals surface area contributed by atoms with E-state index in [0.29, 0.717) is 26.1 Å². The summed E-state index contributed by atoms with van der Waals surface area (Å²) < 4.78 is 11.2. The zero-order chi connectivity index (χ0) is 16.9. The second kappa shape index (κ2) is 7.45. The standard InChI is InChI=1S/C19H22N2O3/c1-14-11-16(7-8-20-14)18-13-21(9-10-24-18)19(22)12-15-5-3-4-6-17(15)23-2/h3-8,11,18H,9-10,12-13H2,1-2H3/t18-/m1/s1. The fourth-order valence-corrected chi connectivity index (χ4v) is 2.97. The van der Waals surface area contributed by atoms with Crippen molar-refractivity contribution in [3.05, 3.63) is 59.4 Å². The Hall–Kier alpha value is -2.40. The highest BCUT2D eigenvalue weighted by Gasteiger charge is 2.26. The Balaban J connectivity index is 1.69. The maximum absolute atomic E-state index is 12.7. The van der Waals surface area contributed by atoms with Crippen LogP contribution in [0.4, 0.5) is 0 Å². The maximum Gasteiger partial charge on any atom is 0.227 e. The Morgan fingerprint density at radius 3 is 3.00 bits per heavy atom. The van der Waals surface area contributed by atoms with Crippen molar-refractivity contribution < 1.29 is 14.3 Å². The molecule has 0 unspecified atom stereocenters. The number of aromatic nitrogens is 1. The molecule has 126 valence electrons. The van der Waals surface area contributed by atoms with Gasteiger partial charge in [0.15, 0.2) is 0 Å². The molecule has 0 N–H and O–H groups in total. The highest BCUT2D eigenvalue weighted by Crippen LogP contribution is 2.24. The molecular formula is C19H22N2O3. The summed E-state index contributed by atoms with van der Waals surface area (Å²) in [6.45, 7) is 3.69. The van der Waals surface area contributed by atoms with Crippen LogP contribution >= 0.6 is 0 Å². The lowest BCUT2D eigenvalue weighted by atomic mass is 10.1. The van der Waals surface area contributed by atoms with Gasteiger partial charge in [-0.15, -0.1) is 0 Å². The summed E-state index contributed by atoms with van der Waals surface area (Å²) in [5.74, 6) is 0.846. The minimum Gasteiger partial charge on any atom is -0.496 e. The van der Waals surface area contributed by atoms with Crippen LogP contribution in [0.2, 0.25) is 0 Å². The molecule has 1 fully saturated rings. The van der Waals surface area contributed by atoms with E-state index in [1.807, 2.05) is 48.2 Å². The average molecular weight is 326 g/mol. The molecule has 0 saturated carbocycles. The van der Waals surface area contributed by atoms with Crippen LogP contribution in [0.15, 0.2) is 42.6 Å². The Labute approximate surface area is 142 Å². The molecule has 5 nitrogen and oxygen atoms in total. The smallest absolute Gasteiger partial charge is 0.227 e. The second-order valence-electron chi connectivity index (χ2n) is 5.92. The first-order chi connectivity index (χ1) is 11.7. The van der Waals surface area contributed by atoms with E-state index < -0.39 is 0 Å². The number of pyridine rings is 1. The molecular weight excluding hydrogens is 304 g/mol.